The van der Waals surface area contributed by atoms with E-state index in [2.05, 4.69) is 41.8 Å². The highest BCUT2D eigenvalue weighted by Crippen LogP contribution is 2.25. The van der Waals surface area contributed by atoms with Crippen LogP contribution in [0.4, 0.5) is 0 Å². The van der Waals surface area contributed by atoms with Crippen molar-refractivity contribution >= 4 is 22.9 Å². The van der Waals surface area contributed by atoms with Gasteiger partial charge in [-0.25, -0.2) is 4.98 Å². The maximum atomic E-state index is 5.72. The molecule has 1 aliphatic rings. The fourth-order valence-electron chi connectivity index (χ4n) is 4.17. The third-order valence-corrected chi connectivity index (χ3v) is 6.92. The zero-order valence-electron chi connectivity index (χ0n) is 17.9. The van der Waals surface area contributed by atoms with Gasteiger partial charge < -0.3 is 13.9 Å². The molecule has 0 saturated heterocycles. The van der Waals surface area contributed by atoms with Gasteiger partial charge >= 0.3 is 0 Å². The molecule has 1 aliphatic heterocycles. The lowest BCUT2D eigenvalue weighted by Crippen LogP contribution is -2.27. The molecule has 7 nitrogen and oxygen atoms in total. The Bertz CT molecular complexity index is 1140. The van der Waals surface area contributed by atoms with Gasteiger partial charge in [-0.2, -0.15) is 0 Å². The van der Waals surface area contributed by atoms with E-state index in [0.717, 1.165) is 78.2 Å². The summed E-state index contributed by atoms with van der Waals surface area (Å²) in [6.07, 6.45) is 6.85. The quantitative estimate of drug-likeness (QED) is 0.336. The minimum Gasteiger partial charge on any atom is -0.441 e. The number of aryl methyl sites for hydroxylation is 1. The van der Waals surface area contributed by atoms with Gasteiger partial charge in [0.2, 0.25) is 0 Å². The number of thioether (sulfide) groups is 1. The van der Waals surface area contributed by atoms with Gasteiger partial charge in [-0.05, 0) is 61.2 Å². The molecule has 31 heavy (non-hydrogen) atoms. The Labute approximate surface area is 185 Å². The Morgan fingerprint density at radius 3 is 2.77 bits per heavy atom. The predicted octanol–water partition coefficient (Wildman–Crippen LogP) is 3.91. The van der Waals surface area contributed by atoms with Crippen LogP contribution in [-0.4, -0.2) is 55.0 Å². The van der Waals surface area contributed by atoms with E-state index >= 15 is 0 Å². The number of aromatic nitrogens is 5. The molecule has 4 aromatic rings. The van der Waals surface area contributed by atoms with E-state index in [9.17, 15) is 0 Å². The van der Waals surface area contributed by atoms with Gasteiger partial charge in [0.15, 0.2) is 22.5 Å². The summed E-state index contributed by atoms with van der Waals surface area (Å²) in [5.74, 6) is 2.62. The first-order valence-electron chi connectivity index (χ1n) is 10.7. The van der Waals surface area contributed by atoms with E-state index < -0.39 is 0 Å². The Kier molecular flexibility index (Phi) is 5.74. The average molecular weight is 435 g/mol. The summed E-state index contributed by atoms with van der Waals surface area (Å²) in [5.41, 5.74) is 5.71. The molecule has 160 valence electrons. The molecule has 4 heterocycles. The summed E-state index contributed by atoms with van der Waals surface area (Å²) in [4.78, 5) is 11.2. The van der Waals surface area contributed by atoms with Crippen LogP contribution >= 0.6 is 11.8 Å². The molecule has 0 aliphatic carbocycles. The lowest BCUT2D eigenvalue weighted by atomic mass is 10.0. The van der Waals surface area contributed by atoms with Crippen LogP contribution in [0, 0.1) is 6.92 Å². The molecule has 0 radical (unpaired) electrons. The third-order valence-electron chi connectivity index (χ3n) is 5.82. The maximum absolute atomic E-state index is 5.72. The number of hydrogen-bond acceptors (Lipinski definition) is 7. The number of hydrogen-bond donors (Lipinski definition) is 0. The van der Waals surface area contributed by atoms with Crippen LogP contribution in [0.15, 0.2) is 46.2 Å². The molecule has 0 saturated carbocycles. The minimum atomic E-state index is 0.741. The van der Waals surface area contributed by atoms with Gasteiger partial charge in [-0.15, -0.1) is 10.2 Å². The number of rotatable bonds is 6. The number of nitrogens with zero attached hydrogens (tertiary/aromatic N) is 6. The molecule has 0 unspecified atom stereocenters. The van der Waals surface area contributed by atoms with E-state index in [0.29, 0.717) is 0 Å². The largest absolute Gasteiger partial charge is 0.441 e. The minimum absolute atomic E-state index is 0.741. The summed E-state index contributed by atoms with van der Waals surface area (Å²) in [5, 5.41) is 9.66. The van der Waals surface area contributed by atoms with E-state index in [1.54, 1.807) is 18.0 Å². The Morgan fingerprint density at radius 1 is 1.13 bits per heavy atom. The predicted molar refractivity (Wildman–Crippen MR) is 122 cm³/mol. The zero-order chi connectivity index (χ0) is 21.2. The van der Waals surface area contributed by atoms with E-state index in [4.69, 9.17) is 4.42 Å². The number of benzene rings is 1. The molecule has 0 amide bonds. The van der Waals surface area contributed by atoms with Crippen molar-refractivity contribution in [2.75, 3.05) is 25.4 Å². The number of oxazole rings is 1. The smallest absolute Gasteiger partial charge is 0.192 e. The molecular weight excluding hydrogens is 408 g/mol. The highest BCUT2D eigenvalue weighted by Gasteiger charge is 2.17. The standard InChI is InChI=1S/C23H26N6OS/c1-16-25-20-13-17-6-10-29(11-7-18(17)14-21(20)30-16)9-4-12-31-23-27-26-22(28(23)2)19-5-3-8-24-15-19/h3,5,8,13-15H,4,6-7,9-12H2,1-2H3. The van der Waals surface area contributed by atoms with Crippen molar-refractivity contribution in [1.29, 1.82) is 0 Å². The first-order valence-corrected chi connectivity index (χ1v) is 11.7. The molecule has 5 rings (SSSR count). The van der Waals surface area contributed by atoms with Gasteiger partial charge in [-0.3, -0.25) is 4.98 Å². The van der Waals surface area contributed by atoms with Crippen LogP contribution in [0.5, 0.6) is 0 Å². The van der Waals surface area contributed by atoms with Gasteiger partial charge in [0.1, 0.15) is 5.52 Å². The van der Waals surface area contributed by atoms with Crippen molar-refractivity contribution in [2.45, 2.75) is 31.3 Å². The van der Waals surface area contributed by atoms with Crippen molar-refractivity contribution in [1.82, 2.24) is 29.6 Å². The van der Waals surface area contributed by atoms with Crippen molar-refractivity contribution in [3.63, 3.8) is 0 Å². The van der Waals surface area contributed by atoms with Crippen molar-refractivity contribution in [2.24, 2.45) is 7.05 Å². The van der Waals surface area contributed by atoms with Crippen LogP contribution in [-0.2, 0) is 19.9 Å². The Morgan fingerprint density at radius 2 is 1.97 bits per heavy atom. The molecule has 0 N–H and O–H groups in total. The summed E-state index contributed by atoms with van der Waals surface area (Å²) in [6.45, 7) is 5.19. The van der Waals surface area contributed by atoms with Gasteiger partial charge in [0, 0.05) is 50.8 Å². The highest BCUT2D eigenvalue weighted by molar-refractivity contribution is 7.99. The summed E-state index contributed by atoms with van der Waals surface area (Å²) in [6, 6.07) is 8.34. The summed E-state index contributed by atoms with van der Waals surface area (Å²) >= 11 is 1.77. The second-order valence-electron chi connectivity index (χ2n) is 7.97. The molecule has 0 spiro atoms. The molecule has 0 bridgehead atoms. The summed E-state index contributed by atoms with van der Waals surface area (Å²) in [7, 11) is 2.02. The van der Waals surface area contributed by atoms with Gasteiger partial charge in [0.05, 0.1) is 0 Å². The lowest BCUT2D eigenvalue weighted by molar-refractivity contribution is 0.289. The molecule has 0 fully saturated rings. The molecular formula is C23H26N6OS. The van der Waals surface area contributed by atoms with Gasteiger partial charge in [-0.1, -0.05) is 11.8 Å². The molecule has 1 aromatic carbocycles. The fraction of sp³-hybridized carbons (Fsp3) is 0.391. The Hall–Kier alpha value is -2.71. The zero-order valence-corrected chi connectivity index (χ0v) is 18.7. The second-order valence-corrected chi connectivity index (χ2v) is 9.03. The first-order chi connectivity index (χ1) is 15.2. The third kappa shape index (κ3) is 4.36. The van der Waals surface area contributed by atoms with E-state index in [-0.39, 0.29) is 0 Å². The number of fused-ring (bicyclic) bond motifs is 2. The number of pyridine rings is 1. The topological polar surface area (TPSA) is 72.9 Å². The monoisotopic (exact) mass is 434 g/mol. The van der Waals surface area contributed by atoms with Crippen molar-refractivity contribution in [3.05, 3.63) is 53.7 Å². The summed E-state index contributed by atoms with van der Waals surface area (Å²) < 4.78 is 7.77. The normalized spacial score (nSPS) is 14.6. The molecule has 3 aromatic heterocycles. The molecule has 8 heteroatoms. The fourth-order valence-corrected chi connectivity index (χ4v) is 5.01. The average Bonchev–Trinajstić information content (AvgIpc) is 3.26. The molecule has 0 atom stereocenters. The second kappa shape index (κ2) is 8.80. The lowest BCUT2D eigenvalue weighted by Gasteiger charge is -2.19. The van der Waals surface area contributed by atoms with Crippen LogP contribution in [0.25, 0.3) is 22.5 Å². The van der Waals surface area contributed by atoms with Crippen LogP contribution in [0.1, 0.15) is 23.4 Å². The van der Waals surface area contributed by atoms with Crippen LogP contribution < -0.4 is 0 Å². The van der Waals surface area contributed by atoms with E-state index in [1.807, 2.05) is 32.3 Å². The highest BCUT2D eigenvalue weighted by atomic mass is 32.2. The van der Waals surface area contributed by atoms with E-state index in [1.165, 1.54) is 11.1 Å². The van der Waals surface area contributed by atoms with Crippen LogP contribution in [0.3, 0.4) is 0 Å². The SMILES string of the molecule is Cc1nc2cc3c(cc2o1)CCN(CCCSc1nnc(-c2cccnc2)n1C)CC3. The van der Waals surface area contributed by atoms with Crippen LogP contribution in [0.2, 0.25) is 0 Å². The van der Waals surface area contributed by atoms with Crippen molar-refractivity contribution in [3.8, 4) is 11.4 Å². The maximum Gasteiger partial charge on any atom is 0.192 e. The van der Waals surface area contributed by atoms with Crippen molar-refractivity contribution < 1.29 is 4.42 Å². The Balaban J connectivity index is 1.13. The van der Waals surface area contributed by atoms with Gasteiger partial charge in [0.25, 0.3) is 0 Å². The first kappa shape index (κ1) is 20.2.